The smallest absolute Gasteiger partial charge is 0.255 e. The first kappa shape index (κ1) is 17.0. The number of thiophene rings is 1. The minimum absolute atomic E-state index is 0.145. The number of carbonyl (C=O) groups is 1. The normalized spacial score (nSPS) is 10.2. The summed E-state index contributed by atoms with van der Waals surface area (Å²) in [5, 5.41) is 4.91. The summed E-state index contributed by atoms with van der Waals surface area (Å²) in [5.41, 5.74) is 0.527. The number of ether oxygens (including phenoxy) is 2. The average molecular weight is 353 g/mol. The van der Waals surface area contributed by atoms with Crippen molar-refractivity contribution in [3.8, 4) is 11.5 Å². The van der Waals surface area contributed by atoms with E-state index < -0.39 is 0 Å². The molecule has 0 aliphatic carbocycles. The van der Waals surface area contributed by atoms with E-state index in [9.17, 15) is 4.79 Å². The maximum absolute atomic E-state index is 12.4. The fraction of sp³-hybridized carbons (Fsp3) is 0.150. The zero-order chi connectivity index (χ0) is 17.3. The van der Waals surface area contributed by atoms with Crippen molar-refractivity contribution in [2.75, 3.05) is 13.2 Å². The lowest BCUT2D eigenvalue weighted by atomic mass is 10.2. The fourth-order valence-electron chi connectivity index (χ4n) is 2.28. The molecule has 0 saturated carbocycles. The molecule has 0 unspecified atom stereocenters. The molecule has 1 amide bonds. The Hall–Kier alpha value is -2.79. The number of hydrogen-bond acceptors (Lipinski definition) is 4. The first-order valence-corrected chi connectivity index (χ1v) is 8.91. The summed E-state index contributed by atoms with van der Waals surface area (Å²) in [6, 6.07) is 20.8. The third-order valence-corrected chi connectivity index (χ3v) is 4.36. The largest absolute Gasteiger partial charge is 0.490 e. The van der Waals surface area contributed by atoms with E-state index in [0.717, 1.165) is 10.6 Å². The van der Waals surface area contributed by atoms with Crippen LogP contribution >= 0.6 is 11.3 Å². The van der Waals surface area contributed by atoms with E-state index in [4.69, 9.17) is 9.47 Å². The van der Waals surface area contributed by atoms with Crippen molar-refractivity contribution in [1.82, 2.24) is 5.32 Å². The van der Waals surface area contributed by atoms with Crippen molar-refractivity contribution in [2.24, 2.45) is 0 Å². The molecule has 0 bridgehead atoms. The third kappa shape index (κ3) is 5.09. The Labute approximate surface area is 151 Å². The van der Waals surface area contributed by atoms with E-state index in [0.29, 0.717) is 31.1 Å². The van der Waals surface area contributed by atoms with Crippen LogP contribution in [0, 0.1) is 0 Å². The summed E-state index contributed by atoms with van der Waals surface area (Å²) < 4.78 is 11.3. The fourth-order valence-corrected chi connectivity index (χ4v) is 2.93. The van der Waals surface area contributed by atoms with Crippen LogP contribution in [-0.2, 0) is 6.54 Å². The first-order valence-electron chi connectivity index (χ1n) is 8.03. The number of carbonyl (C=O) groups excluding carboxylic acids is 1. The molecule has 0 radical (unpaired) electrons. The molecule has 0 atom stereocenters. The molecule has 4 nitrogen and oxygen atoms in total. The van der Waals surface area contributed by atoms with E-state index in [-0.39, 0.29) is 5.91 Å². The molecule has 0 aliphatic heterocycles. The van der Waals surface area contributed by atoms with E-state index in [1.165, 1.54) is 0 Å². The van der Waals surface area contributed by atoms with Gasteiger partial charge in [0.2, 0.25) is 0 Å². The van der Waals surface area contributed by atoms with Gasteiger partial charge in [0, 0.05) is 4.88 Å². The summed E-state index contributed by atoms with van der Waals surface area (Å²) in [5.74, 6) is 1.21. The Morgan fingerprint density at radius 1 is 0.880 bits per heavy atom. The summed E-state index contributed by atoms with van der Waals surface area (Å²) in [6.45, 7) is 1.29. The molecule has 1 aromatic heterocycles. The second-order valence-electron chi connectivity index (χ2n) is 5.27. The van der Waals surface area contributed by atoms with Crippen molar-refractivity contribution in [2.45, 2.75) is 6.54 Å². The number of nitrogens with one attached hydrogen (secondary N) is 1. The zero-order valence-electron chi connectivity index (χ0n) is 13.7. The minimum atomic E-state index is -0.145. The number of benzene rings is 2. The summed E-state index contributed by atoms with van der Waals surface area (Å²) in [6.07, 6.45) is 0. The lowest BCUT2D eigenvalue weighted by Crippen LogP contribution is -2.23. The van der Waals surface area contributed by atoms with Crippen LogP contribution in [0.2, 0.25) is 0 Å². The van der Waals surface area contributed by atoms with E-state index in [1.54, 1.807) is 23.5 Å². The first-order chi connectivity index (χ1) is 12.3. The van der Waals surface area contributed by atoms with E-state index in [2.05, 4.69) is 5.32 Å². The van der Waals surface area contributed by atoms with Gasteiger partial charge in [-0.1, -0.05) is 36.4 Å². The Morgan fingerprint density at radius 3 is 2.44 bits per heavy atom. The maximum atomic E-state index is 12.4. The molecular weight excluding hydrogens is 334 g/mol. The van der Waals surface area contributed by atoms with Crippen LogP contribution < -0.4 is 14.8 Å². The molecule has 0 fully saturated rings. The number of amides is 1. The second-order valence-corrected chi connectivity index (χ2v) is 6.30. The minimum Gasteiger partial charge on any atom is -0.490 e. The standard InChI is InChI=1S/C20H19NO3S/c22-20(21-15-17-9-6-14-25-17)18-10-4-5-11-19(18)24-13-12-23-16-7-2-1-3-8-16/h1-11,14H,12-13,15H2,(H,21,22). The quantitative estimate of drug-likeness (QED) is 0.619. The predicted octanol–water partition coefficient (Wildman–Crippen LogP) is 4.14. The van der Waals surface area contributed by atoms with Crippen molar-refractivity contribution >= 4 is 17.2 Å². The molecule has 0 aliphatic rings. The van der Waals surface area contributed by atoms with Crippen molar-refractivity contribution < 1.29 is 14.3 Å². The van der Waals surface area contributed by atoms with Crippen LogP contribution in [0.15, 0.2) is 72.1 Å². The molecule has 3 aromatic rings. The molecule has 2 aromatic carbocycles. The lowest BCUT2D eigenvalue weighted by molar-refractivity contribution is 0.0946. The van der Waals surface area contributed by atoms with Crippen LogP contribution in [0.1, 0.15) is 15.2 Å². The lowest BCUT2D eigenvalue weighted by Gasteiger charge is -2.12. The van der Waals surface area contributed by atoms with Crippen molar-refractivity contribution in [1.29, 1.82) is 0 Å². The van der Waals surface area contributed by atoms with Gasteiger partial charge in [-0.3, -0.25) is 4.79 Å². The number of rotatable bonds is 8. The SMILES string of the molecule is O=C(NCc1cccs1)c1ccccc1OCCOc1ccccc1. The van der Waals surface area contributed by atoms with Gasteiger partial charge in [-0.05, 0) is 35.7 Å². The Kier molecular flexibility index (Phi) is 6.06. The summed E-state index contributed by atoms with van der Waals surface area (Å²) >= 11 is 1.62. The van der Waals surface area contributed by atoms with Crippen molar-refractivity contribution in [3.05, 3.63) is 82.6 Å². The van der Waals surface area contributed by atoms with Crippen LogP contribution in [0.25, 0.3) is 0 Å². The van der Waals surface area contributed by atoms with Gasteiger partial charge in [0.1, 0.15) is 24.7 Å². The van der Waals surface area contributed by atoms with Crippen LogP contribution in [0.3, 0.4) is 0 Å². The van der Waals surface area contributed by atoms with Gasteiger partial charge >= 0.3 is 0 Å². The van der Waals surface area contributed by atoms with Crippen LogP contribution in [0.5, 0.6) is 11.5 Å². The van der Waals surface area contributed by atoms with Crippen molar-refractivity contribution in [3.63, 3.8) is 0 Å². The monoisotopic (exact) mass is 353 g/mol. The molecule has 5 heteroatoms. The van der Waals surface area contributed by atoms with Gasteiger partial charge in [0.15, 0.2) is 0 Å². The Bertz CT molecular complexity index is 788. The number of para-hydroxylation sites is 2. The predicted molar refractivity (Wildman–Crippen MR) is 99.4 cm³/mol. The Morgan fingerprint density at radius 2 is 1.64 bits per heavy atom. The van der Waals surface area contributed by atoms with Gasteiger partial charge in [0.05, 0.1) is 12.1 Å². The Balaban J connectivity index is 1.52. The summed E-state index contributed by atoms with van der Waals surface area (Å²) in [4.78, 5) is 13.5. The van der Waals surface area contributed by atoms with Crippen LogP contribution in [0.4, 0.5) is 0 Å². The molecule has 128 valence electrons. The topological polar surface area (TPSA) is 47.6 Å². The van der Waals surface area contributed by atoms with E-state index in [1.807, 2.05) is 60.0 Å². The molecule has 1 heterocycles. The van der Waals surface area contributed by atoms with Crippen LogP contribution in [-0.4, -0.2) is 19.1 Å². The summed E-state index contributed by atoms with van der Waals surface area (Å²) in [7, 11) is 0. The zero-order valence-corrected chi connectivity index (χ0v) is 14.5. The second kappa shape index (κ2) is 8.89. The molecule has 0 spiro atoms. The molecular formula is C20H19NO3S. The molecule has 3 rings (SSSR count). The van der Waals surface area contributed by atoms with Gasteiger partial charge in [-0.15, -0.1) is 11.3 Å². The number of hydrogen-bond donors (Lipinski definition) is 1. The van der Waals surface area contributed by atoms with E-state index >= 15 is 0 Å². The van der Waals surface area contributed by atoms with Gasteiger partial charge in [0.25, 0.3) is 5.91 Å². The third-order valence-electron chi connectivity index (χ3n) is 3.49. The highest BCUT2D eigenvalue weighted by Crippen LogP contribution is 2.18. The highest BCUT2D eigenvalue weighted by Gasteiger charge is 2.12. The van der Waals surface area contributed by atoms with Gasteiger partial charge in [-0.2, -0.15) is 0 Å². The highest BCUT2D eigenvalue weighted by molar-refractivity contribution is 7.09. The van der Waals surface area contributed by atoms with Gasteiger partial charge in [-0.25, -0.2) is 0 Å². The van der Waals surface area contributed by atoms with Gasteiger partial charge < -0.3 is 14.8 Å². The highest BCUT2D eigenvalue weighted by atomic mass is 32.1. The molecule has 1 N–H and O–H groups in total. The average Bonchev–Trinajstić information content (AvgIpc) is 3.18. The maximum Gasteiger partial charge on any atom is 0.255 e. The molecule has 25 heavy (non-hydrogen) atoms. The molecule has 0 saturated heterocycles.